The fourth-order valence-corrected chi connectivity index (χ4v) is 2.38. The van der Waals surface area contributed by atoms with Gasteiger partial charge in [0.2, 0.25) is 0 Å². The highest BCUT2D eigenvalue weighted by Crippen LogP contribution is 2.17. The van der Waals surface area contributed by atoms with Gasteiger partial charge in [0.15, 0.2) is 6.10 Å². The molecule has 1 aromatic rings. The molecule has 3 amide bonds. The maximum atomic E-state index is 12.0. The molecule has 1 heterocycles. The van der Waals surface area contributed by atoms with Crippen molar-refractivity contribution in [3.8, 4) is 0 Å². The van der Waals surface area contributed by atoms with Gasteiger partial charge in [-0.1, -0.05) is 29.8 Å². The summed E-state index contributed by atoms with van der Waals surface area (Å²) in [6.45, 7) is 2.16. The van der Waals surface area contributed by atoms with E-state index in [1.54, 1.807) is 6.07 Å². The van der Waals surface area contributed by atoms with Gasteiger partial charge in [-0.3, -0.25) is 14.5 Å². The van der Waals surface area contributed by atoms with E-state index in [1.807, 2.05) is 18.2 Å². The maximum absolute atomic E-state index is 12.0. The number of esters is 1. The zero-order valence-electron chi connectivity index (χ0n) is 12.2. The van der Waals surface area contributed by atoms with Crippen molar-refractivity contribution in [1.82, 2.24) is 10.2 Å². The molecule has 22 heavy (non-hydrogen) atoms. The number of carbonyl (C=O) groups is 3. The number of aryl methyl sites for hydroxylation is 1. The Morgan fingerprint density at radius 1 is 1.41 bits per heavy atom. The van der Waals surface area contributed by atoms with Gasteiger partial charge in [0, 0.05) is 24.5 Å². The Bertz CT molecular complexity index is 591. The summed E-state index contributed by atoms with van der Waals surface area (Å²) in [5.41, 5.74) is 0.846. The van der Waals surface area contributed by atoms with Crippen LogP contribution in [0.15, 0.2) is 24.3 Å². The number of hydrogen-bond acceptors (Lipinski definition) is 4. The fourth-order valence-electron chi connectivity index (χ4n) is 2.15. The minimum atomic E-state index is -0.984. The molecule has 0 aromatic heterocycles. The lowest BCUT2D eigenvalue weighted by molar-refractivity contribution is -0.157. The number of carbonyl (C=O) groups excluding carboxylic acids is 3. The predicted molar refractivity (Wildman–Crippen MR) is 80.4 cm³/mol. The van der Waals surface area contributed by atoms with E-state index in [4.69, 9.17) is 16.3 Å². The number of urea groups is 1. The summed E-state index contributed by atoms with van der Waals surface area (Å²) in [7, 11) is 0. The second kappa shape index (κ2) is 7.26. The van der Waals surface area contributed by atoms with Crippen LogP contribution in [0.25, 0.3) is 0 Å². The average Bonchev–Trinajstić information content (AvgIpc) is 2.91. The summed E-state index contributed by atoms with van der Waals surface area (Å²) >= 11 is 6.01. The van der Waals surface area contributed by atoms with Gasteiger partial charge in [-0.25, -0.2) is 4.79 Å². The molecule has 1 aromatic carbocycles. The summed E-state index contributed by atoms with van der Waals surface area (Å²) in [6.07, 6.45) is -0.431. The third-order valence-electron chi connectivity index (χ3n) is 3.34. The van der Waals surface area contributed by atoms with Crippen LogP contribution in [-0.2, 0) is 20.7 Å². The van der Waals surface area contributed by atoms with Crippen LogP contribution < -0.4 is 5.32 Å². The number of benzene rings is 1. The first-order valence-corrected chi connectivity index (χ1v) is 7.39. The number of nitrogens with one attached hydrogen (secondary N) is 1. The Hall–Kier alpha value is -2.08. The number of ether oxygens (including phenoxy) is 1. The van der Waals surface area contributed by atoms with Gasteiger partial charge in [0.05, 0.1) is 0 Å². The predicted octanol–water partition coefficient (Wildman–Crippen LogP) is 1.76. The lowest BCUT2D eigenvalue weighted by Crippen LogP contribution is -2.41. The third-order valence-corrected chi connectivity index (χ3v) is 3.70. The van der Waals surface area contributed by atoms with Gasteiger partial charge in [0.1, 0.15) is 0 Å². The molecule has 0 saturated carbocycles. The summed E-state index contributed by atoms with van der Waals surface area (Å²) in [6, 6.07) is 6.78. The monoisotopic (exact) mass is 324 g/mol. The van der Waals surface area contributed by atoms with Crippen LogP contribution in [0.4, 0.5) is 4.79 Å². The Kier molecular flexibility index (Phi) is 5.38. The molecule has 118 valence electrons. The summed E-state index contributed by atoms with van der Waals surface area (Å²) < 4.78 is 5.08. The molecule has 0 radical (unpaired) electrons. The molecule has 1 fully saturated rings. The number of nitrogens with zero attached hydrogens (tertiary/aromatic N) is 1. The van der Waals surface area contributed by atoms with Crippen molar-refractivity contribution < 1.29 is 19.1 Å². The molecule has 1 atom stereocenters. The quantitative estimate of drug-likeness (QED) is 0.837. The number of hydrogen-bond donors (Lipinski definition) is 1. The molecule has 0 bridgehead atoms. The molecule has 0 spiro atoms. The van der Waals surface area contributed by atoms with Crippen LogP contribution in [0.3, 0.4) is 0 Å². The Balaban J connectivity index is 1.82. The normalized spacial score (nSPS) is 15.4. The van der Waals surface area contributed by atoms with E-state index in [9.17, 15) is 14.4 Å². The van der Waals surface area contributed by atoms with E-state index >= 15 is 0 Å². The number of amides is 3. The Labute approximate surface area is 133 Å². The zero-order chi connectivity index (χ0) is 16.1. The van der Waals surface area contributed by atoms with Crippen LogP contribution in [0, 0.1) is 0 Å². The molecule has 0 unspecified atom stereocenters. The minimum absolute atomic E-state index is 0.119. The van der Waals surface area contributed by atoms with Crippen molar-refractivity contribution in [1.29, 1.82) is 0 Å². The highest BCUT2D eigenvalue weighted by molar-refractivity contribution is 6.31. The third kappa shape index (κ3) is 3.98. The second-order valence-corrected chi connectivity index (χ2v) is 5.35. The molecular weight excluding hydrogens is 308 g/mol. The van der Waals surface area contributed by atoms with Gasteiger partial charge in [0.25, 0.3) is 5.91 Å². The first-order valence-electron chi connectivity index (χ1n) is 7.01. The molecule has 1 N–H and O–H groups in total. The standard InChI is InChI=1S/C15H17ClN2O4/c1-10(14(20)18-9-8-17-15(18)21)22-13(19)7-6-11-4-2-3-5-12(11)16/h2-5,10H,6-9H2,1H3,(H,17,21)/t10-/m1/s1. The Morgan fingerprint density at radius 3 is 2.77 bits per heavy atom. The highest BCUT2D eigenvalue weighted by atomic mass is 35.5. The summed E-state index contributed by atoms with van der Waals surface area (Å²) in [5, 5.41) is 3.11. The summed E-state index contributed by atoms with van der Waals surface area (Å²) in [4.78, 5) is 36.2. The van der Waals surface area contributed by atoms with Crippen LogP contribution in [-0.4, -0.2) is 42.0 Å². The van der Waals surface area contributed by atoms with Gasteiger partial charge >= 0.3 is 12.0 Å². The van der Waals surface area contributed by atoms with E-state index in [0.29, 0.717) is 24.5 Å². The van der Waals surface area contributed by atoms with Gasteiger partial charge in [-0.2, -0.15) is 0 Å². The van der Waals surface area contributed by atoms with Gasteiger partial charge in [-0.15, -0.1) is 0 Å². The largest absolute Gasteiger partial charge is 0.453 e. The van der Waals surface area contributed by atoms with E-state index in [0.717, 1.165) is 10.5 Å². The highest BCUT2D eigenvalue weighted by Gasteiger charge is 2.31. The first kappa shape index (κ1) is 16.3. The Morgan fingerprint density at radius 2 is 2.14 bits per heavy atom. The van der Waals surface area contributed by atoms with E-state index in [-0.39, 0.29) is 6.42 Å². The van der Waals surface area contributed by atoms with Gasteiger partial charge < -0.3 is 10.1 Å². The first-order chi connectivity index (χ1) is 10.5. The van der Waals surface area contributed by atoms with Crippen LogP contribution in [0.2, 0.25) is 5.02 Å². The van der Waals surface area contributed by atoms with Gasteiger partial charge in [-0.05, 0) is 25.0 Å². The molecule has 1 aliphatic rings. The number of halogens is 1. The van der Waals surface area contributed by atoms with E-state index < -0.39 is 24.0 Å². The molecule has 1 saturated heterocycles. The van der Waals surface area contributed by atoms with Crippen molar-refractivity contribution in [2.75, 3.05) is 13.1 Å². The van der Waals surface area contributed by atoms with E-state index in [2.05, 4.69) is 5.32 Å². The van der Waals surface area contributed by atoms with Crippen LogP contribution in [0.1, 0.15) is 18.9 Å². The lowest BCUT2D eigenvalue weighted by Gasteiger charge is -2.18. The molecule has 1 aliphatic heterocycles. The smallest absolute Gasteiger partial charge is 0.324 e. The minimum Gasteiger partial charge on any atom is -0.453 e. The summed E-state index contributed by atoms with van der Waals surface area (Å²) in [5.74, 6) is -1.01. The van der Waals surface area contributed by atoms with Crippen molar-refractivity contribution in [3.05, 3.63) is 34.9 Å². The van der Waals surface area contributed by atoms with Crippen molar-refractivity contribution >= 4 is 29.5 Å². The maximum Gasteiger partial charge on any atom is 0.324 e. The van der Waals surface area contributed by atoms with Crippen molar-refractivity contribution in [2.45, 2.75) is 25.9 Å². The molecule has 0 aliphatic carbocycles. The molecule has 2 rings (SSSR count). The second-order valence-electron chi connectivity index (χ2n) is 4.95. The fraction of sp³-hybridized carbons (Fsp3) is 0.400. The molecule has 6 nitrogen and oxygen atoms in total. The molecule has 7 heteroatoms. The van der Waals surface area contributed by atoms with Crippen molar-refractivity contribution in [3.63, 3.8) is 0 Å². The van der Waals surface area contributed by atoms with Crippen LogP contribution >= 0.6 is 11.6 Å². The van der Waals surface area contributed by atoms with E-state index in [1.165, 1.54) is 6.92 Å². The lowest BCUT2D eigenvalue weighted by atomic mass is 10.1. The SMILES string of the molecule is C[C@@H](OC(=O)CCc1ccccc1Cl)C(=O)N1CCNC1=O. The number of imide groups is 1. The zero-order valence-corrected chi connectivity index (χ0v) is 12.9. The number of rotatable bonds is 5. The molecular formula is C15H17ClN2O4. The van der Waals surface area contributed by atoms with Crippen LogP contribution in [0.5, 0.6) is 0 Å². The topological polar surface area (TPSA) is 75.7 Å². The average molecular weight is 325 g/mol. The van der Waals surface area contributed by atoms with Crippen molar-refractivity contribution in [2.24, 2.45) is 0 Å².